The Morgan fingerprint density at radius 1 is 1.33 bits per heavy atom. The van der Waals surface area contributed by atoms with Crippen LogP contribution in [0, 0.1) is 11.8 Å². The second kappa shape index (κ2) is 11.3. The Labute approximate surface area is 178 Å². The first-order valence-electron chi connectivity index (χ1n) is 10.8. The highest BCUT2D eigenvalue weighted by Crippen LogP contribution is 2.40. The fraction of sp³-hybridized carbons (Fsp3) is 0.542. The predicted octanol–water partition coefficient (Wildman–Crippen LogP) is 3.39. The lowest BCUT2D eigenvalue weighted by atomic mass is 9.90. The van der Waals surface area contributed by atoms with Crippen molar-refractivity contribution in [1.82, 2.24) is 0 Å². The molecule has 1 aromatic rings. The Morgan fingerprint density at radius 2 is 2.13 bits per heavy atom. The minimum Gasteiger partial charge on any atom is -0.491 e. The van der Waals surface area contributed by atoms with Crippen molar-refractivity contribution in [1.29, 1.82) is 0 Å². The van der Waals surface area contributed by atoms with Crippen molar-refractivity contribution in [3.8, 4) is 5.75 Å². The van der Waals surface area contributed by atoms with Crippen LogP contribution in [-0.4, -0.2) is 47.7 Å². The van der Waals surface area contributed by atoms with Crippen molar-refractivity contribution in [2.45, 2.75) is 57.3 Å². The van der Waals surface area contributed by atoms with Crippen molar-refractivity contribution in [3.05, 3.63) is 54.3 Å². The van der Waals surface area contributed by atoms with E-state index in [1.807, 2.05) is 49.4 Å². The third-order valence-corrected chi connectivity index (χ3v) is 5.65. The predicted molar refractivity (Wildman–Crippen MR) is 113 cm³/mol. The monoisotopic (exact) mass is 416 g/mol. The van der Waals surface area contributed by atoms with E-state index >= 15 is 0 Å². The Kier molecular flexibility index (Phi) is 8.49. The molecule has 2 N–H and O–H groups in total. The Bertz CT molecular complexity index is 728. The summed E-state index contributed by atoms with van der Waals surface area (Å²) >= 11 is 0. The van der Waals surface area contributed by atoms with E-state index in [2.05, 4.69) is 0 Å². The molecule has 1 aromatic carbocycles. The highest BCUT2D eigenvalue weighted by Gasteiger charge is 2.42. The summed E-state index contributed by atoms with van der Waals surface area (Å²) in [5, 5.41) is 20.7. The van der Waals surface area contributed by atoms with Crippen LogP contribution in [0.15, 0.2) is 54.3 Å². The molecule has 3 rings (SSSR count). The zero-order valence-corrected chi connectivity index (χ0v) is 17.5. The summed E-state index contributed by atoms with van der Waals surface area (Å²) in [4.78, 5) is 11.9. The number of esters is 1. The molecule has 0 bridgehead atoms. The quantitative estimate of drug-likeness (QED) is 0.474. The number of hydrogen-bond acceptors (Lipinski definition) is 6. The standard InChI is InChI=1S/C24H32O6/c1-2-3-9-24(27)30-19-11-13-21-20(22(26)14-23(21)29-16-19)12-10-17(25)15-28-18-7-5-4-6-8-18/h4-8,10-12,17,20-23,25-26H,2-3,9,13-16H2,1H3/b12-10+/t17-,20?,21?,22?,23+/m1/s1. The Balaban J connectivity index is 1.53. The number of ether oxygens (including phenoxy) is 3. The highest BCUT2D eigenvalue weighted by molar-refractivity contribution is 5.70. The number of unbranched alkanes of at least 4 members (excludes halogenated alkanes) is 1. The largest absolute Gasteiger partial charge is 0.491 e. The van der Waals surface area contributed by atoms with Crippen molar-refractivity contribution >= 4 is 5.97 Å². The topological polar surface area (TPSA) is 85.2 Å². The van der Waals surface area contributed by atoms with E-state index in [-0.39, 0.29) is 37.1 Å². The molecule has 0 saturated heterocycles. The van der Waals surface area contributed by atoms with E-state index in [0.717, 1.165) is 12.8 Å². The molecule has 1 heterocycles. The number of allylic oxidation sites excluding steroid dienone is 1. The summed E-state index contributed by atoms with van der Waals surface area (Å²) in [6.07, 6.45) is 7.41. The Hall–Kier alpha value is -2.15. The van der Waals surface area contributed by atoms with Gasteiger partial charge in [0.25, 0.3) is 0 Å². The van der Waals surface area contributed by atoms with Gasteiger partial charge in [0, 0.05) is 18.8 Å². The van der Waals surface area contributed by atoms with Crippen LogP contribution in [0.1, 0.15) is 39.0 Å². The molecule has 30 heavy (non-hydrogen) atoms. The van der Waals surface area contributed by atoms with Gasteiger partial charge in [0.2, 0.25) is 0 Å². The van der Waals surface area contributed by atoms with Gasteiger partial charge in [-0.1, -0.05) is 43.7 Å². The van der Waals surface area contributed by atoms with E-state index in [0.29, 0.717) is 30.8 Å². The van der Waals surface area contributed by atoms with E-state index in [4.69, 9.17) is 14.2 Å². The molecular weight excluding hydrogens is 384 g/mol. The van der Waals surface area contributed by atoms with E-state index in [9.17, 15) is 15.0 Å². The van der Waals surface area contributed by atoms with Crippen molar-refractivity contribution in [3.63, 3.8) is 0 Å². The zero-order valence-electron chi connectivity index (χ0n) is 17.5. The number of aliphatic hydroxyl groups excluding tert-OH is 2. The lowest BCUT2D eigenvalue weighted by Gasteiger charge is -2.20. The van der Waals surface area contributed by atoms with Gasteiger partial charge in [-0.05, 0) is 37.0 Å². The second-order valence-electron chi connectivity index (χ2n) is 7.95. The van der Waals surface area contributed by atoms with Crippen molar-refractivity contribution in [2.75, 3.05) is 13.2 Å². The number of rotatable bonds is 9. The molecule has 2 aliphatic rings. The first-order valence-corrected chi connectivity index (χ1v) is 10.8. The van der Waals surface area contributed by atoms with Gasteiger partial charge < -0.3 is 24.4 Å². The molecule has 1 saturated carbocycles. The minimum atomic E-state index is -0.770. The first-order chi connectivity index (χ1) is 14.6. The van der Waals surface area contributed by atoms with Gasteiger partial charge in [-0.25, -0.2) is 0 Å². The summed E-state index contributed by atoms with van der Waals surface area (Å²) in [5.41, 5.74) is 0. The minimum absolute atomic E-state index is 0.0744. The second-order valence-corrected chi connectivity index (χ2v) is 7.95. The number of benzene rings is 1. The molecule has 5 atom stereocenters. The number of aliphatic hydroxyl groups is 2. The molecule has 1 aliphatic carbocycles. The van der Waals surface area contributed by atoms with E-state index < -0.39 is 12.2 Å². The van der Waals surface area contributed by atoms with Crippen LogP contribution in [-0.2, 0) is 14.3 Å². The maximum atomic E-state index is 11.9. The maximum absolute atomic E-state index is 11.9. The van der Waals surface area contributed by atoms with Crippen LogP contribution in [0.4, 0.5) is 0 Å². The van der Waals surface area contributed by atoms with Crippen LogP contribution in [0.5, 0.6) is 5.75 Å². The molecule has 164 valence electrons. The van der Waals surface area contributed by atoms with Crippen LogP contribution in [0.25, 0.3) is 0 Å². The van der Waals surface area contributed by atoms with Crippen LogP contribution in [0.3, 0.4) is 0 Å². The molecular formula is C24H32O6. The number of carbonyl (C=O) groups is 1. The highest BCUT2D eigenvalue weighted by atomic mass is 16.6. The Morgan fingerprint density at radius 3 is 2.90 bits per heavy atom. The third-order valence-electron chi connectivity index (χ3n) is 5.65. The fourth-order valence-electron chi connectivity index (χ4n) is 3.99. The van der Waals surface area contributed by atoms with Gasteiger partial charge >= 0.3 is 5.97 Å². The molecule has 0 spiro atoms. The summed E-state index contributed by atoms with van der Waals surface area (Å²) in [5.74, 6) is 0.975. The number of fused-ring (bicyclic) bond motifs is 1. The van der Waals surface area contributed by atoms with Crippen LogP contribution >= 0.6 is 0 Å². The van der Waals surface area contributed by atoms with Gasteiger partial charge in [0.05, 0.1) is 12.2 Å². The van der Waals surface area contributed by atoms with Crippen molar-refractivity contribution in [2.24, 2.45) is 11.8 Å². The SMILES string of the molecule is CCCCC(=O)OC1=CCC2C(/C=C/[C@@H](O)COc3ccccc3)C(O)C[C@@H]2OC1. The normalized spacial score (nSPS) is 27.2. The van der Waals surface area contributed by atoms with Crippen LogP contribution < -0.4 is 4.74 Å². The van der Waals surface area contributed by atoms with Crippen LogP contribution in [0.2, 0.25) is 0 Å². The molecule has 1 fully saturated rings. The zero-order chi connectivity index (χ0) is 21.3. The number of para-hydroxylation sites is 1. The molecule has 6 heteroatoms. The van der Waals surface area contributed by atoms with E-state index in [1.54, 1.807) is 6.08 Å². The number of carbonyl (C=O) groups excluding carboxylic acids is 1. The summed E-state index contributed by atoms with van der Waals surface area (Å²) in [7, 11) is 0. The summed E-state index contributed by atoms with van der Waals surface area (Å²) < 4.78 is 16.9. The fourth-order valence-corrected chi connectivity index (χ4v) is 3.99. The first kappa shape index (κ1) is 22.5. The molecule has 0 aromatic heterocycles. The maximum Gasteiger partial charge on any atom is 0.310 e. The molecule has 0 amide bonds. The van der Waals surface area contributed by atoms with Gasteiger partial charge in [-0.15, -0.1) is 0 Å². The van der Waals surface area contributed by atoms with Crippen molar-refractivity contribution < 1.29 is 29.2 Å². The molecule has 6 nitrogen and oxygen atoms in total. The van der Waals surface area contributed by atoms with Gasteiger partial charge in [0.1, 0.15) is 30.8 Å². The number of hydrogen-bond donors (Lipinski definition) is 2. The summed E-state index contributed by atoms with van der Waals surface area (Å²) in [6.45, 7) is 2.42. The summed E-state index contributed by atoms with van der Waals surface area (Å²) in [6, 6.07) is 9.33. The van der Waals surface area contributed by atoms with Gasteiger partial charge in [-0.2, -0.15) is 0 Å². The van der Waals surface area contributed by atoms with E-state index in [1.165, 1.54) is 0 Å². The third kappa shape index (κ3) is 6.42. The molecule has 1 aliphatic heterocycles. The van der Waals surface area contributed by atoms with Gasteiger partial charge in [-0.3, -0.25) is 4.79 Å². The smallest absolute Gasteiger partial charge is 0.310 e. The van der Waals surface area contributed by atoms with Gasteiger partial charge in [0.15, 0.2) is 0 Å². The molecule has 3 unspecified atom stereocenters. The lowest BCUT2D eigenvalue weighted by Crippen LogP contribution is -2.22. The molecule has 0 radical (unpaired) electrons. The average molecular weight is 417 g/mol. The lowest BCUT2D eigenvalue weighted by molar-refractivity contribution is -0.140. The average Bonchev–Trinajstić information content (AvgIpc) is 2.92.